The maximum absolute atomic E-state index is 12.4. The highest BCUT2D eigenvalue weighted by Crippen LogP contribution is 2.27. The normalized spacial score (nSPS) is 14.0. The van der Waals surface area contributed by atoms with Crippen LogP contribution in [-0.4, -0.2) is 55.0 Å². The fourth-order valence-corrected chi connectivity index (χ4v) is 3.16. The number of pyridine rings is 1. The highest BCUT2D eigenvalue weighted by molar-refractivity contribution is 6.32. The molecule has 3 rings (SSSR count). The SMILES string of the molecule is COc1ccc(NC(=O)c2ccc(N3CCN(C(C)=O)CC3)nc2)cc1Cl. The average Bonchev–Trinajstić information content (AvgIpc) is 2.68. The van der Waals surface area contributed by atoms with Crippen molar-refractivity contribution in [2.45, 2.75) is 6.92 Å². The van der Waals surface area contributed by atoms with Crippen molar-refractivity contribution in [1.29, 1.82) is 0 Å². The first-order valence-electron chi connectivity index (χ1n) is 8.59. The van der Waals surface area contributed by atoms with E-state index in [1.807, 2.05) is 11.0 Å². The standard InChI is InChI=1S/C19H21ClN4O3/c1-13(25)23-7-9-24(10-8-23)18-6-3-14(12-21-18)19(26)22-15-4-5-17(27-2)16(20)11-15/h3-6,11-12H,7-10H2,1-2H3,(H,22,26). The highest BCUT2D eigenvalue weighted by Gasteiger charge is 2.19. The molecule has 27 heavy (non-hydrogen) atoms. The number of nitrogens with one attached hydrogen (secondary N) is 1. The van der Waals surface area contributed by atoms with E-state index >= 15 is 0 Å². The Balaban J connectivity index is 1.62. The Bertz CT molecular complexity index is 833. The second-order valence-electron chi connectivity index (χ2n) is 6.20. The minimum atomic E-state index is -0.267. The van der Waals surface area contributed by atoms with Crippen LogP contribution in [0.4, 0.5) is 11.5 Å². The van der Waals surface area contributed by atoms with Gasteiger partial charge in [0.2, 0.25) is 5.91 Å². The van der Waals surface area contributed by atoms with E-state index in [4.69, 9.17) is 16.3 Å². The van der Waals surface area contributed by atoms with Crippen molar-refractivity contribution in [2.24, 2.45) is 0 Å². The maximum atomic E-state index is 12.4. The van der Waals surface area contributed by atoms with Gasteiger partial charge in [0, 0.05) is 45.0 Å². The van der Waals surface area contributed by atoms with E-state index in [1.165, 1.54) is 7.11 Å². The Kier molecular flexibility index (Phi) is 5.81. The lowest BCUT2D eigenvalue weighted by Gasteiger charge is -2.34. The summed E-state index contributed by atoms with van der Waals surface area (Å²) in [7, 11) is 1.53. The molecular formula is C19H21ClN4O3. The van der Waals surface area contributed by atoms with Gasteiger partial charge in [0.1, 0.15) is 11.6 Å². The van der Waals surface area contributed by atoms with Crippen LogP contribution in [0.3, 0.4) is 0 Å². The van der Waals surface area contributed by atoms with Gasteiger partial charge in [-0.3, -0.25) is 9.59 Å². The average molecular weight is 389 g/mol. The molecule has 2 heterocycles. The van der Waals surface area contributed by atoms with Crippen molar-refractivity contribution in [1.82, 2.24) is 9.88 Å². The van der Waals surface area contributed by atoms with Crippen LogP contribution in [0.2, 0.25) is 5.02 Å². The molecule has 1 aromatic heterocycles. The third-order valence-electron chi connectivity index (χ3n) is 4.47. The number of rotatable bonds is 4. The van der Waals surface area contributed by atoms with Gasteiger partial charge in [-0.1, -0.05) is 11.6 Å². The fourth-order valence-electron chi connectivity index (χ4n) is 2.91. The number of carbonyl (C=O) groups is 2. The Morgan fingerprint density at radius 1 is 1.15 bits per heavy atom. The van der Waals surface area contributed by atoms with Gasteiger partial charge in [0.25, 0.3) is 5.91 Å². The van der Waals surface area contributed by atoms with E-state index in [2.05, 4.69) is 15.2 Å². The van der Waals surface area contributed by atoms with Crippen LogP contribution in [0.15, 0.2) is 36.5 Å². The van der Waals surface area contributed by atoms with E-state index in [9.17, 15) is 9.59 Å². The molecule has 0 bridgehead atoms. The lowest BCUT2D eigenvalue weighted by Crippen LogP contribution is -2.48. The Morgan fingerprint density at radius 2 is 1.89 bits per heavy atom. The molecule has 1 aromatic carbocycles. The number of benzene rings is 1. The minimum Gasteiger partial charge on any atom is -0.495 e. The van der Waals surface area contributed by atoms with Crippen molar-refractivity contribution in [3.05, 3.63) is 47.1 Å². The van der Waals surface area contributed by atoms with Crippen molar-refractivity contribution in [2.75, 3.05) is 43.5 Å². The summed E-state index contributed by atoms with van der Waals surface area (Å²) in [5, 5.41) is 3.22. The Morgan fingerprint density at radius 3 is 2.44 bits per heavy atom. The maximum Gasteiger partial charge on any atom is 0.257 e. The van der Waals surface area contributed by atoms with Crippen LogP contribution in [-0.2, 0) is 4.79 Å². The third-order valence-corrected chi connectivity index (χ3v) is 4.76. The summed E-state index contributed by atoms with van der Waals surface area (Å²) in [5.41, 5.74) is 1.03. The topological polar surface area (TPSA) is 74.8 Å². The number of amides is 2. The van der Waals surface area contributed by atoms with E-state index in [1.54, 1.807) is 37.4 Å². The predicted molar refractivity (Wildman–Crippen MR) is 105 cm³/mol. The molecule has 0 aliphatic carbocycles. The largest absolute Gasteiger partial charge is 0.495 e. The smallest absolute Gasteiger partial charge is 0.257 e. The molecule has 0 spiro atoms. The van der Waals surface area contributed by atoms with E-state index < -0.39 is 0 Å². The van der Waals surface area contributed by atoms with Crippen molar-refractivity contribution in [3.63, 3.8) is 0 Å². The van der Waals surface area contributed by atoms with Gasteiger partial charge in [0.05, 0.1) is 17.7 Å². The predicted octanol–water partition coefficient (Wildman–Crippen LogP) is 2.66. The van der Waals surface area contributed by atoms with E-state index in [0.29, 0.717) is 35.1 Å². The van der Waals surface area contributed by atoms with Gasteiger partial charge < -0.3 is 19.9 Å². The number of anilines is 2. The Hall–Kier alpha value is -2.80. The zero-order chi connectivity index (χ0) is 19.4. The summed E-state index contributed by atoms with van der Waals surface area (Å²) in [6, 6.07) is 8.60. The Labute approximate surface area is 162 Å². The number of hydrogen-bond donors (Lipinski definition) is 1. The summed E-state index contributed by atoms with van der Waals surface area (Å²) < 4.78 is 5.10. The fraction of sp³-hybridized carbons (Fsp3) is 0.316. The van der Waals surface area contributed by atoms with Gasteiger partial charge in [-0.25, -0.2) is 4.98 Å². The zero-order valence-corrected chi connectivity index (χ0v) is 16.0. The molecule has 1 N–H and O–H groups in total. The first kappa shape index (κ1) is 19.0. The molecule has 1 fully saturated rings. The highest BCUT2D eigenvalue weighted by atomic mass is 35.5. The lowest BCUT2D eigenvalue weighted by molar-refractivity contribution is -0.129. The first-order chi connectivity index (χ1) is 13.0. The van der Waals surface area contributed by atoms with Gasteiger partial charge in [-0.15, -0.1) is 0 Å². The summed E-state index contributed by atoms with van der Waals surface area (Å²) in [6.45, 7) is 4.39. The molecule has 1 aliphatic heterocycles. The van der Waals surface area contributed by atoms with Gasteiger partial charge in [0.15, 0.2) is 0 Å². The molecule has 0 radical (unpaired) electrons. The summed E-state index contributed by atoms with van der Waals surface area (Å²) >= 11 is 6.08. The molecule has 0 unspecified atom stereocenters. The molecule has 1 aliphatic rings. The van der Waals surface area contributed by atoms with Crippen LogP contribution in [0, 0.1) is 0 Å². The third kappa shape index (κ3) is 4.49. The number of piperazine rings is 1. The van der Waals surface area contributed by atoms with Crippen LogP contribution in [0.5, 0.6) is 5.75 Å². The number of methoxy groups -OCH3 is 1. The molecule has 1 saturated heterocycles. The minimum absolute atomic E-state index is 0.0910. The number of halogens is 1. The van der Waals surface area contributed by atoms with Crippen molar-refractivity contribution < 1.29 is 14.3 Å². The number of ether oxygens (including phenoxy) is 1. The second kappa shape index (κ2) is 8.26. The molecule has 2 amide bonds. The quantitative estimate of drug-likeness (QED) is 0.871. The molecule has 2 aromatic rings. The number of nitrogens with zero attached hydrogens (tertiary/aromatic N) is 3. The summed E-state index contributed by atoms with van der Waals surface area (Å²) in [5.74, 6) is 1.16. The lowest BCUT2D eigenvalue weighted by atomic mass is 10.2. The zero-order valence-electron chi connectivity index (χ0n) is 15.2. The first-order valence-corrected chi connectivity index (χ1v) is 8.97. The van der Waals surface area contributed by atoms with Crippen molar-refractivity contribution in [3.8, 4) is 5.75 Å². The molecular weight excluding hydrogens is 368 g/mol. The number of hydrogen-bond acceptors (Lipinski definition) is 5. The molecule has 0 saturated carbocycles. The van der Waals surface area contributed by atoms with Crippen LogP contribution < -0.4 is 15.0 Å². The van der Waals surface area contributed by atoms with E-state index in [-0.39, 0.29) is 11.8 Å². The second-order valence-corrected chi connectivity index (χ2v) is 6.61. The summed E-state index contributed by atoms with van der Waals surface area (Å²) in [4.78, 5) is 32.1. The van der Waals surface area contributed by atoms with Crippen LogP contribution in [0.1, 0.15) is 17.3 Å². The van der Waals surface area contributed by atoms with Crippen LogP contribution >= 0.6 is 11.6 Å². The molecule has 8 heteroatoms. The molecule has 0 atom stereocenters. The molecule has 7 nitrogen and oxygen atoms in total. The van der Waals surface area contributed by atoms with Crippen LogP contribution in [0.25, 0.3) is 0 Å². The van der Waals surface area contributed by atoms with Gasteiger partial charge >= 0.3 is 0 Å². The summed E-state index contributed by atoms with van der Waals surface area (Å²) in [6.07, 6.45) is 1.55. The monoisotopic (exact) mass is 388 g/mol. The van der Waals surface area contributed by atoms with Gasteiger partial charge in [-0.05, 0) is 30.3 Å². The number of carbonyl (C=O) groups excluding carboxylic acids is 2. The van der Waals surface area contributed by atoms with E-state index in [0.717, 1.165) is 18.9 Å². The van der Waals surface area contributed by atoms with Gasteiger partial charge in [-0.2, -0.15) is 0 Å². The molecule has 142 valence electrons. The number of aromatic nitrogens is 1. The van der Waals surface area contributed by atoms with Crippen molar-refractivity contribution >= 4 is 34.9 Å².